The molecule has 0 radical (unpaired) electrons. The van der Waals surface area contributed by atoms with Crippen molar-refractivity contribution in [2.24, 2.45) is 0 Å². The Morgan fingerprint density at radius 1 is 1.31 bits per heavy atom. The Morgan fingerprint density at radius 3 is 2.81 bits per heavy atom. The molecule has 1 heterocycles. The first kappa shape index (κ1) is 13.2. The van der Waals surface area contributed by atoms with Gasteiger partial charge in [0.25, 0.3) is 0 Å². The summed E-state index contributed by atoms with van der Waals surface area (Å²) in [6.07, 6.45) is 6.68. The first-order valence-corrected chi connectivity index (χ1v) is 7.00. The lowest BCUT2D eigenvalue weighted by molar-refractivity contribution is -0.121. The van der Waals surface area contributed by atoms with Crippen molar-refractivity contribution in [3.05, 3.63) is 22.4 Å². The Balaban J connectivity index is 1.99. The summed E-state index contributed by atoms with van der Waals surface area (Å²) in [4.78, 5) is 12.7. The lowest BCUT2D eigenvalue weighted by Crippen LogP contribution is -2.21. The third kappa shape index (κ3) is 5.91. The standard InChI is InChI=1S/C13H21NOS/c1-2-3-4-5-6-9-13(15)14-11-12-8-7-10-16-12/h7-8,10H,2-6,9,11H2,1H3,(H,14,15). The first-order chi connectivity index (χ1) is 7.83. The van der Waals surface area contributed by atoms with E-state index in [1.807, 2.05) is 17.5 Å². The number of unbranched alkanes of at least 4 members (excludes halogenated alkanes) is 4. The van der Waals surface area contributed by atoms with Crippen molar-refractivity contribution >= 4 is 17.2 Å². The number of rotatable bonds is 8. The minimum absolute atomic E-state index is 0.185. The largest absolute Gasteiger partial charge is 0.351 e. The molecule has 0 aliphatic heterocycles. The number of thiophene rings is 1. The normalized spacial score (nSPS) is 10.3. The Bertz CT molecular complexity index is 282. The number of hydrogen-bond donors (Lipinski definition) is 1. The van der Waals surface area contributed by atoms with Gasteiger partial charge in [-0.2, -0.15) is 0 Å². The van der Waals surface area contributed by atoms with Crippen molar-refractivity contribution in [3.63, 3.8) is 0 Å². The minimum atomic E-state index is 0.185. The maximum Gasteiger partial charge on any atom is 0.220 e. The second kappa shape index (κ2) is 8.34. The lowest BCUT2D eigenvalue weighted by atomic mass is 10.1. The van der Waals surface area contributed by atoms with Gasteiger partial charge in [-0.15, -0.1) is 11.3 Å². The Hall–Kier alpha value is -0.830. The Kier molecular flexibility index (Phi) is 6.90. The van der Waals surface area contributed by atoms with E-state index in [2.05, 4.69) is 12.2 Å². The van der Waals surface area contributed by atoms with Crippen LogP contribution in [0.1, 0.15) is 50.3 Å². The van der Waals surface area contributed by atoms with E-state index >= 15 is 0 Å². The molecule has 1 N–H and O–H groups in total. The summed E-state index contributed by atoms with van der Waals surface area (Å²) < 4.78 is 0. The molecule has 0 bridgehead atoms. The molecule has 1 rings (SSSR count). The Morgan fingerprint density at radius 2 is 2.12 bits per heavy atom. The van der Waals surface area contributed by atoms with E-state index in [-0.39, 0.29) is 5.91 Å². The molecule has 3 heteroatoms. The molecule has 0 aromatic carbocycles. The van der Waals surface area contributed by atoms with Crippen LogP contribution in [-0.4, -0.2) is 5.91 Å². The summed E-state index contributed by atoms with van der Waals surface area (Å²) in [5.41, 5.74) is 0. The quantitative estimate of drug-likeness (QED) is 0.688. The highest BCUT2D eigenvalue weighted by Crippen LogP contribution is 2.08. The molecule has 0 unspecified atom stereocenters. The molecule has 0 atom stereocenters. The molecule has 2 nitrogen and oxygen atoms in total. The van der Waals surface area contributed by atoms with Gasteiger partial charge in [-0.1, -0.05) is 38.7 Å². The number of amides is 1. The van der Waals surface area contributed by atoms with Gasteiger partial charge in [0.2, 0.25) is 5.91 Å². The molecule has 0 fully saturated rings. The van der Waals surface area contributed by atoms with Crippen LogP contribution in [0.5, 0.6) is 0 Å². The molecule has 0 aliphatic carbocycles. The molecular weight excluding hydrogens is 218 g/mol. The summed E-state index contributed by atoms with van der Waals surface area (Å²) in [7, 11) is 0. The molecule has 0 saturated heterocycles. The average molecular weight is 239 g/mol. The van der Waals surface area contributed by atoms with E-state index in [0.29, 0.717) is 13.0 Å². The van der Waals surface area contributed by atoms with Crippen molar-refractivity contribution in [2.75, 3.05) is 0 Å². The zero-order valence-electron chi connectivity index (χ0n) is 10.00. The van der Waals surface area contributed by atoms with Gasteiger partial charge in [0.05, 0.1) is 6.54 Å². The van der Waals surface area contributed by atoms with Crippen LogP contribution in [0.2, 0.25) is 0 Å². The number of nitrogens with one attached hydrogen (secondary N) is 1. The van der Waals surface area contributed by atoms with Crippen molar-refractivity contribution in [2.45, 2.75) is 52.0 Å². The van der Waals surface area contributed by atoms with E-state index < -0.39 is 0 Å². The zero-order valence-corrected chi connectivity index (χ0v) is 10.8. The third-order valence-corrected chi connectivity index (χ3v) is 3.42. The second-order valence-corrected chi connectivity index (χ2v) is 5.05. The molecule has 1 amide bonds. The smallest absolute Gasteiger partial charge is 0.220 e. The molecule has 16 heavy (non-hydrogen) atoms. The Labute approximate surface area is 102 Å². The van der Waals surface area contributed by atoms with E-state index in [0.717, 1.165) is 6.42 Å². The van der Waals surface area contributed by atoms with Gasteiger partial charge < -0.3 is 5.32 Å². The molecule has 0 aliphatic rings. The van der Waals surface area contributed by atoms with Crippen LogP contribution in [-0.2, 0) is 11.3 Å². The van der Waals surface area contributed by atoms with Gasteiger partial charge in [-0.25, -0.2) is 0 Å². The van der Waals surface area contributed by atoms with E-state index in [4.69, 9.17) is 0 Å². The van der Waals surface area contributed by atoms with Crippen molar-refractivity contribution < 1.29 is 4.79 Å². The van der Waals surface area contributed by atoms with Crippen LogP contribution in [0, 0.1) is 0 Å². The van der Waals surface area contributed by atoms with Gasteiger partial charge in [0, 0.05) is 11.3 Å². The molecular formula is C13H21NOS. The maximum atomic E-state index is 11.5. The van der Waals surface area contributed by atoms with Crippen LogP contribution >= 0.6 is 11.3 Å². The SMILES string of the molecule is CCCCCCCC(=O)NCc1cccs1. The maximum absolute atomic E-state index is 11.5. The predicted octanol–water partition coefficient (Wildman–Crippen LogP) is 3.72. The first-order valence-electron chi connectivity index (χ1n) is 6.12. The summed E-state index contributed by atoms with van der Waals surface area (Å²) in [5, 5.41) is 4.98. The van der Waals surface area contributed by atoms with Gasteiger partial charge in [-0.3, -0.25) is 4.79 Å². The van der Waals surface area contributed by atoms with Gasteiger partial charge in [-0.05, 0) is 17.9 Å². The van der Waals surface area contributed by atoms with E-state index in [1.165, 1.54) is 30.6 Å². The van der Waals surface area contributed by atoms with Crippen LogP contribution in [0.15, 0.2) is 17.5 Å². The zero-order chi connectivity index (χ0) is 11.6. The van der Waals surface area contributed by atoms with Crippen LogP contribution in [0.4, 0.5) is 0 Å². The highest BCUT2D eigenvalue weighted by Gasteiger charge is 2.01. The van der Waals surface area contributed by atoms with Gasteiger partial charge in [0.1, 0.15) is 0 Å². The number of hydrogen-bond acceptors (Lipinski definition) is 2. The average Bonchev–Trinajstić information content (AvgIpc) is 2.79. The molecule has 90 valence electrons. The molecule has 0 spiro atoms. The van der Waals surface area contributed by atoms with Crippen LogP contribution in [0.25, 0.3) is 0 Å². The summed E-state index contributed by atoms with van der Waals surface area (Å²) >= 11 is 1.69. The van der Waals surface area contributed by atoms with Crippen LogP contribution in [0.3, 0.4) is 0 Å². The monoisotopic (exact) mass is 239 g/mol. The summed E-state index contributed by atoms with van der Waals surface area (Å²) in [6.45, 7) is 2.89. The van der Waals surface area contributed by atoms with E-state index in [9.17, 15) is 4.79 Å². The second-order valence-electron chi connectivity index (χ2n) is 4.02. The highest BCUT2D eigenvalue weighted by atomic mass is 32.1. The van der Waals surface area contributed by atoms with Crippen molar-refractivity contribution in [3.8, 4) is 0 Å². The lowest BCUT2D eigenvalue weighted by Gasteiger charge is -2.03. The van der Waals surface area contributed by atoms with Gasteiger partial charge in [0.15, 0.2) is 0 Å². The van der Waals surface area contributed by atoms with Crippen molar-refractivity contribution in [1.29, 1.82) is 0 Å². The highest BCUT2D eigenvalue weighted by molar-refractivity contribution is 7.09. The summed E-state index contributed by atoms with van der Waals surface area (Å²) in [6, 6.07) is 4.06. The molecule has 1 aromatic heterocycles. The van der Waals surface area contributed by atoms with Gasteiger partial charge >= 0.3 is 0 Å². The summed E-state index contributed by atoms with van der Waals surface area (Å²) in [5.74, 6) is 0.185. The molecule has 0 saturated carbocycles. The third-order valence-electron chi connectivity index (χ3n) is 2.55. The fraction of sp³-hybridized carbons (Fsp3) is 0.615. The topological polar surface area (TPSA) is 29.1 Å². The van der Waals surface area contributed by atoms with Crippen molar-refractivity contribution in [1.82, 2.24) is 5.32 Å². The number of carbonyl (C=O) groups excluding carboxylic acids is 1. The minimum Gasteiger partial charge on any atom is -0.351 e. The number of carbonyl (C=O) groups is 1. The van der Waals surface area contributed by atoms with E-state index in [1.54, 1.807) is 11.3 Å². The fourth-order valence-corrected chi connectivity index (χ4v) is 2.22. The fourth-order valence-electron chi connectivity index (χ4n) is 1.58. The van der Waals surface area contributed by atoms with Crippen LogP contribution < -0.4 is 5.32 Å². The molecule has 1 aromatic rings. The predicted molar refractivity (Wildman–Crippen MR) is 69.5 cm³/mol.